The highest BCUT2D eigenvalue weighted by Gasteiger charge is 2.35. The lowest BCUT2D eigenvalue weighted by atomic mass is 9.72. The van der Waals surface area contributed by atoms with Crippen LogP contribution in [0.3, 0.4) is 0 Å². The fraction of sp³-hybridized carbons (Fsp3) is 0.357. The largest absolute Gasteiger partial charge is 0.383 e. The summed E-state index contributed by atoms with van der Waals surface area (Å²) in [5.74, 6) is 0. The van der Waals surface area contributed by atoms with E-state index in [1.165, 1.54) is 11.1 Å². The molecule has 0 bridgehead atoms. The van der Waals surface area contributed by atoms with Crippen molar-refractivity contribution in [3.05, 3.63) is 92.9 Å². The third-order valence-electron chi connectivity index (χ3n) is 6.79. The van der Waals surface area contributed by atoms with E-state index in [1.807, 2.05) is 30.3 Å². The molecular formula is C28H31Cl3N2O. The molecule has 0 spiro atoms. The minimum atomic E-state index is 0.0683. The summed E-state index contributed by atoms with van der Waals surface area (Å²) in [5, 5.41) is 5.79. The third kappa shape index (κ3) is 6.54. The maximum absolute atomic E-state index is 6.21. The van der Waals surface area contributed by atoms with Gasteiger partial charge in [0.25, 0.3) is 0 Å². The minimum Gasteiger partial charge on any atom is -0.383 e. The van der Waals surface area contributed by atoms with Gasteiger partial charge in [-0.3, -0.25) is 0 Å². The Morgan fingerprint density at radius 1 is 0.853 bits per heavy atom. The number of piperidine rings is 1. The summed E-state index contributed by atoms with van der Waals surface area (Å²) < 4.78 is 5.29. The fourth-order valence-corrected chi connectivity index (χ4v) is 5.60. The third-order valence-corrected chi connectivity index (χ3v) is 7.47. The van der Waals surface area contributed by atoms with Crippen LogP contribution in [0, 0.1) is 0 Å². The molecule has 0 aromatic heterocycles. The quantitative estimate of drug-likeness (QED) is 0.328. The van der Waals surface area contributed by atoms with Gasteiger partial charge in [-0.05, 0) is 78.5 Å². The van der Waals surface area contributed by atoms with Crippen LogP contribution in [0.15, 0.2) is 66.7 Å². The Labute approximate surface area is 218 Å². The first-order valence-corrected chi connectivity index (χ1v) is 12.8. The Morgan fingerprint density at radius 3 is 2.21 bits per heavy atom. The van der Waals surface area contributed by atoms with E-state index < -0.39 is 0 Å². The lowest BCUT2D eigenvalue weighted by Crippen LogP contribution is -2.48. The zero-order valence-corrected chi connectivity index (χ0v) is 21.8. The van der Waals surface area contributed by atoms with Crippen molar-refractivity contribution in [2.75, 3.05) is 39.9 Å². The van der Waals surface area contributed by atoms with Gasteiger partial charge in [-0.2, -0.15) is 0 Å². The molecule has 0 saturated carbocycles. The number of hydrogen-bond donors (Lipinski definition) is 1. The number of nitrogens with zero attached hydrogens (tertiary/aromatic N) is 1. The van der Waals surface area contributed by atoms with Crippen molar-refractivity contribution in [1.29, 1.82) is 0 Å². The van der Waals surface area contributed by atoms with Gasteiger partial charge >= 0.3 is 0 Å². The molecule has 1 fully saturated rings. The summed E-state index contributed by atoms with van der Waals surface area (Å²) >= 11 is 18.6. The molecule has 1 aliphatic heterocycles. The van der Waals surface area contributed by atoms with Crippen LogP contribution in [0.5, 0.6) is 0 Å². The second-order valence-electron chi connectivity index (χ2n) is 9.08. The van der Waals surface area contributed by atoms with Crippen LogP contribution in [0.25, 0.3) is 11.1 Å². The summed E-state index contributed by atoms with van der Waals surface area (Å²) in [6, 6.07) is 22.7. The van der Waals surface area contributed by atoms with Gasteiger partial charge in [0.15, 0.2) is 0 Å². The molecule has 0 unspecified atom stereocenters. The average molecular weight is 518 g/mol. The van der Waals surface area contributed by atoms with E-state index in [4.69, 9.17) is 39.5 Å². The molecule has 0 radical (unpaired) electrons. The van der Waals surface area contributed by atoms with Gasteiger partial charge in [0.2, 0.25) is 0 Å². The monoisotopic (exact) mass is 516 g/mol. The lowest BCUT2D eigenvalue weighted by molar-refractivity contribution is 0.108. The number of nitrogens with one attached hydrogen (secondary N) is 1. The molecule has 34 heavy (non-hydrogen) atoms. The Balaban J connectivity index is 1.51. The molecule has 0 amide bonds. The van der Waals surface area contributed by atoms with E-state index in [2.05, 4.69) is 40.5 Å². The van der Waals surface area contributed by atoms with Crippen LogP contribution in [0.2, 0.25) is 15.1 Å². The molecule has 3 aromatic rings. The molecule has 0 aliphatic carbocycles. The van der Waals surface area contributed by atoms with Crippen molar-refractivity contribution < 1.29 is 4.74 Å². The zero-order chi connectivity index (χ0) is 24.0. The first-order chi connectivity index (χ1) is 16.5. The second-order valence-corrected chi connectivity index (χ2v) is 10.4. The maximum Gasteiger partial charge on any atom is 0.0589 e. The highest BCUT2D eigenvalue weighted by Crippen LogP contribution is 2.36. The van der Waals surface area contributed by atoms with Gasteiger partial charge in [-0.1, -0.05) is 71.2 Å². The van der Waals surface area contributed by atoms with E-state index in [0.29, 0.717) is 10.0 Å². The predicted molar refractivity (Wildman–Crippen MR) is 144 cm³/mol. The normalized spacial score (nSPS) is 16.0. The molecule has 6 heteroatoms. The van der Waals surface area contributed by atoms with Gasteiger partial charge in [0.05, 0.1) is 6.61 Å². The standard InChI is InChI=1S/C28H31Cl3N2O/c1-34-14-13-33-11-9-28(10-12-33,20-32-19-21-15-26(30)18-27(31)16-21)24-7-5-22(6-8-24)23-3-2-4-25(29)17-23/h2-8,15-18,32H,9-14,19-20H2,1H3. The molecule has 1 N–H and O–H groups in total. The highest BCUT2D eigenvalue weighted by molar-refractivity contribution is 6.34. The Bertz CT molecular complexity index is 1060. The smallest absolute Gasteiger partial charge is 0.0589 e. The summed E-state index contributed by atoms with van der Waals surface area (Å²) in [5.41, 5.74) is 4.86. The lowest BCUT2D eigenvalue weighted by Gasteiger charge is -2.42. The van der Waals surface area contributed by atoms with E-state index in [1.54, 1.807) is 13.2 Å². The van der Waals surface area contributed by atoms with Crippen molar-refractivity contribution in [2.45, 2.75) is 24.8 Å². The summed E-state index contributed by atoms with van der Waals surface area (Å²) in [7, 11) is 1.77. The van der Waals surface area contributed by atoms with E-state index in [0.717, 1.165) is 68.3 Å². The number of halogens is 3. The number of methoxy groups -OCH3 is 1. The van der Waals surface area contributed by atoms with Crippen molar-refractivity contribution in [2.24, 2.45) is 0 Å². The first kappa shape index (κ1) is 25.5. The molecule has 1 saturated heterocycles. The summed E-state index contributed by atoms with van der Waals surface area (Å²) in [6.45, 7) is 5.50. The van der Waals surface area contributed by atoms with Gasteiger partial charge < -0.3 is 15.0 Å². The number of ether oxygens (including phenoxy) is 1. The van der Waals surface area contributed by atoms with E-state index >= 15 is 0 Å². The van der Waals surface area contributed by atoms with Gasteiger partial charge in [-0.15, -0.1) is 0 Å². The molecular weight excluding hydrogens is 487 g/mol. The topological polar surface area (TPSA) is 24.5 Å². The fourth-order valence-electron chi connectivity index (χ4n) is 4.84. The van der Waals surface area contributed by atoms with Crippen molar-refractivity contribution in [3.8, 4) is 11.1 Å². The first-order valence-electron chi connectivity index (χ1n) is 11.7. The Morgan fingerprint density at radius 2 is 1.56 bits per heavy atom. The Hall–Kier alpha value is -1.59. The van der Waals surface area contributed by atoms with Crippen molar-refractivity contribution in [3.63, 3.8) is 0 Å². The van der Waals surface area contributed by atoms with Crippen molar-refractivity contribution in [1.82, 2.24) is 10.2 Å². The van der Waals surface area contributed by atoms with Crippen LogP contribution >= 0.6 is 34.8 Å². The number of hydrogen-bond acceptors (Lipinski definition) is 3. The number of rotatable bonds is 9. The van der Waals surface area contributed by atoms with Gasteiger partial charge in [-0.25, -0.2) is 0 Å². The van der Waals surface area contributed by atoms with Crippen LogP contribution in [-0.2, 0) is 16.7 Å². The molecule has 3 aromatic carbocycles. The molecule has 1 aliphatic rings. The summed E-state index contributed by atoms with van der Waals surface area (Å²) in [4.78, 5) is 2.50. The second kappa shape index (κ2) is 11.9. The number of benzene rings is 3. The zero-order valence-electron chi connectivity index (χ0n) is 19.5. The van der Waals surface area contributed by atoms with Crippen LogP contribution in [-0.4, -0.2) is 44.8 Å². The Kier molecular flexibility index (Phi) is 8.92. The molecule has 1 heterocycles. The molecule has 3 nitrogen and oxygen atoms in total. The van der Waals surface area contributed by atoms with E-state index in [9.17, 15) is 0 Å². The van der Waals surface area contributed by atoms with E-state index in [-0.39, 0.29) is 5.41 Å². The van der Waals surface area contributed by atoms with Crippen LogP contribution in [0.4, 0.5) is 0 Å². The van der Waals surface area contributed by atoms with Crippen LogP contribution < -0.4 is 5.32 Å². The van der Waals surface area contributed by atoms with Crippen LogP contribution in [0.1, 0.15) is 24.0 Å². The van der Waals surface area contributed by atoms with Gasteiger partial charge in [0.1, 0.15) is 0 Å². The average Bonchev–Trinajstić information content (AvgIpc) is 2.83. The maximum atomic E-state index is 6.21. The number of likely N-dealkylation sites (tertiary alicyclic amines) is 1. The summed E-state index contributed by atoms with van der Waals surface area (Å²) in [6.07, 6.45) is 2.19. The predicted octanol–water partition coefficient (Wildman–Crippen LogP) is 7.08. The SMILES string of the molecule is COCCN1CCC(CNCc2cc(Cl)cc(Cl)c2)(c2ccc(-c3cccc(Cl)c3)cc2)CC1. The molecule has 4 rings (SSSR count). The highest BCUT2D eigenvalue weighted by atomic mass is 35.5. The molecule has 180 valence electrons. The van der Waals surface area contributed by atoms with Gasteiger partial charge in [0, 0.05) is 47.2 Å². The minimum absolute atomic E-state index is 0.0683. The molecule has 0 atom stereocenters. The van der Waals surface area contributed by atoms with Crippen molar-refractivity contribution >= 4 is 34.8 Å².